The Morgan fingerprint density at radius 1 is 1.22 bits per heavy atom. The van der Waals surface area contributed by atoms with Gasteiger partial charge in [0.2, 0.25) is 5.91 Å². The molecule has 0 radical (unpaired) electrons. The van der Waals surface area contributed by atoms with Crippen LogP contribution in [0.15, 0.2) is 18.2 Å². The van der Waals surface area contributed by atoms with E-state index in [4.69, 9.17) is 0 Å². The Morgan fingerprint density at radius 2 is 1.83 bits per heavy atom. The number of nitrogens with zero attached hydrogens (tertiary/aromatic N) is 2. The molecule has 0 aliphatic carbocycles. The zero-order valence-corrected chi connectivity index (χ0v) is 9.96. The lowest BCUT2D eigenvalue weighted by Gasteiger charge is -2.32. The molecule has 0 unspecified atom stereocenters. The van der Waals surface area contributed by atoms with Crippen LogP contribution in [-0.4, -0.2) is 58.5 Å². The molecule has 1 fully saturated rings. The molecule has 96 valence electrons. The summed E-state index contributed by atoms with van der Waals surface area (Å²) >= 11 is 0. The third kappa shape index (κ3) is 2.09. The molecule has 6 nitrogen and oxygen atoms in total. The van der Waals surface area contributed by atoms with Crippen LogP contribution >= 0.6 is 0 Å². The number of benzene rings is 1. The Labute approximate surface area is 104 Å². The number of aromatic hydroxyl groups is 2. The van der Waals surface area contributed by atoms with Crippen LogP contribution in [0.25, 0.3) is 0 Å². The van der Waals surface area contributed by atoms with Crippen molar-refractivity contribution >= 4 is 11.8 Å². The summed E-state index contributed by atoms with van der Waals surface area (Å²) in [6.45, 7) is 0.789. The van der Waals surface area contributed by atoms with Gasteiger partial charge < -0.3 is 20.0 Å². The predicted octanol–water partition coefficient (Wildman–Crippen LogP) is 0.0120. The number of phenolic OH excluding ortho intramolecular Hbond substituents is 2. The van der Waals surface area contributed by atoms with E-state index in [1.807, 2.05) is 0 Å². The first-order valence-corrected chi connectivity index (χ1v) is 5.55. The number of hydrogen-bond donors (Lipinski definition) is 2. The van der Waals surface area contributed by atoms with Crippen LogP contribution in [0.4, 0.5) is 0 Å². The van der Waals surface area contributed by atoms with E-state index in [-0.39, 0.29) is 29.5 Å². The number of hydrogen-bond acceptors (Lipinski definition) is 4. The number of piperazine rings is 1. The van der Waals surface area contributed by atoms with Crippen molar-refractivity contribution in [3.8, 4) is 11.5 Å². The van der Waals surface area contributed by atoms with Gasteiger partial charge in [-0.25, -0.2) is 0 Å². The number of likely N-dealkylation sites (N-methyl/N-ethyl adjacent to an activating group) is 1. The number of carbonyl (C=O) groups excluding carboxylic acids is 2. The summed E-state index contributed by atoms with van der Waals surface area (Å²) in [7, 11) is 1.67. The molecule has 2 N–H and O–H groups in total. The first kappa shape index (κ1) is 12.2. The fourth-order valence-electron chi connectivity index (χ4n) is 1.84. The number of rotatable bonds is 1. The molecule has 1 aliphatic heterocycles. The van der Waals surface area contributed by atoms with Crippen LogP contribution < -0.4 is 0 Å². The number of phenols is 2. The zero-order valence-electron chi connectivity index (χ0n) is 9.96. The molecule has 18 heavy (non-hydrogen) atoms. The second-order valence-electron chi connectivity index (χ2n) is 4.21. The topological polar surface area (TPSA) is 81.1 Å². The third-order valence-corrected chi connectivity index (χ3v) is 2.98. The molecule has 1 saturated heterocycles. The summed E-state index contributed by atoms with van der Waals surface area (Å²) in [6, 6.07) is 4.09. The lowest BCUT2D eigenvalue weighted by molar-refractivity contribution is -0.133. The zero-order chi connectivity index (χ0) is 13.3. The summed E-state index contributed by atoms with van der Waals surface area (Å²) in [6.07, 6.45) is 0. The summed E-state index contributed by atoms with van der Waals surface area (Å²) in [5.41, 5.74) is -0.158. The van der Waals surface area contributed by atoms with Crippen LogP contribution in [0.3, 0.4) is 0 Å². The van der Waals surface area contributed by atoms with Crippen LogP contribution in [0.5, 0.6) is 11.5 Å². The van der Waals surface area contributed by atoms with Gasteiger partial charge in [-0.1, -0.05) is 6.07 Å². The number of carbonyl (C=O) groups is 2. The highest BCUT2D eigenvalue weighted by molar-refractivity contribution is 6.01. The molecule has 1 aliphatic rings. The van der Waals surface area contributed by atoms with Gasteiger partial charge in [-0.05, 0) is 12.1 Å². The van der Waals surface area contributed by atoms with Gasteiger partial charge in [0.1, 0.15) is 23.6 Å². The Kier molecular flexibility index (Phi) is 3.10. The standard InChI is InChI=1S/C12H14N2O4/c1-13-5-6-14(7-10(13)17)12(18)11-8(15)3-2-4-9(11)16/h2-4,15-16H,5-7H2,1H3. The second-order valence-corrected chi connectivity index (χ2v) is 4.21. The number of amides is 2. The van der Waals surface area contributed by atoms with Crippen molar-refractivity contribution in [2.24, 2.45) is 0 Å². The normalized spacial score (nSPS) is 15.9. The van der Waals surface area contributed by atoms with Gasteiger partial charge in [0.15, 0.2) is 0 Å². The van der Waals surface area contributed by atoms with Gasteiger partial charge in [0, 0.05) is 20.1 Å². The van der Waals surface area contributed by atoms with Crippen LogP contribution in [-0.2, 0) is 4.79 Å². The molecule has 0 spiro atoms. The fourth-order valence-corrected chi connectivity index (χ4v) is 1.84. The smallest absolute Gasteiger partial charge is 0.261 e. The molecule has 2 rings (SSSR count). The van der Waals surface area contributed by atoms with E-state index in [1.54, 1.807) is 7.05 Å². The summed E-state index contributed by atoms with van der Waals surface area (Å²) < 4.78 is 0. The lowest BCUT2D eigenvalue weighted by atomic mass is 10.1. The van der Waals surface area contributed by atoms with Gasteiger partial charge in [-0.3, -0.25) is 9.59 Å². The molecule has 1 aromatic rings. The van der Waals surface area contributed by atoms with Gasteiger partial charge in [-0.15, -0.1) is 0 Å². The van der Waals surface area contributed by atoms with Gasteiger partial charge in [0.25, 0.3) is 5.91 Å². The Morgan fingerprint density at radius 3 is 2.39 bits per heavy atom. The first-order chi connectivity index (χ1) is 8.50. The summed E-state index contributed by atoms with van der Waals surface area (Å²) in [4.78, 5) is 26.5. The second kappa shape index (κ2) is 4.56. The van der Waals surface area contributed by atoms with E-state index in [2.05, 4.69) is 0 Å². The molecular formula is C12H14N2O4. The molecule has 2 amide bonds. The minimum absolute atomic E-state index is 0.0386. The minimum atomic E-state index is -0.535. The maximum atomic E-state index is 12.1. The average Bonchev–Trinajstić information content (AvgIpc) is 2.32. The Hall–Kier alpha value is -2.24. The van der Waals surface area contributed by atoms with E-state index in [0.717, 1.165) is 0 Å². The Bertz CT molecular complexity index is 481. The van der Waals surface area contributed by atoms with Crippen molar-refractivity contribution in [2.75, 3.05) is 26.7 Å². The van der Waals surface area contributed by atoms with E-state index < -0.39 is 5.91 Å². The Balaban J connectivity index is 2.24. The molecule has 0 aromatic heterocycles. The quantitative estimate of drug-likeness (QED) is 0.735. The molecule has 1 heterocycles. The monoisotopic (exact) mass is 250 g/mol. The largest absolute Gasteiger partial charge is 0.507 e. The average molecular weight is 250 g/mol. The fraction of sp³-hybridized carbons (Fsp3) is 0.333. The highest BCUT2D eigenvalue weighted by Gasteiger charge is 2.28. The summed E-state index contributed by atoms with van der Waals surface area (Å²) in [5, 5.41) is 19.2. The molecule has 0 saturated carbocycles. The third-order valence-electron chi connectivity index (χ3n) is 2.98. The lowest BCUT2D eigenvalue weighted by Crippen LogP contribution is -2.50. The SMILES string of the molecule is CN1CCN(C(=O)c2c(O)cccc2O)CC1=O. The van der Waals surface area contributed by atoms with Crippen molar-refractivity contribution in [1.82, 2.24) is 9.80 Å². The van der Waals surface area contributed by atoms with Gasteiger partial charge in [0.05, 0.1) is 0 Å². The predicted molar refractivity (Wildman–Crippen MR) is 63.3 cm³/mol. The van der Waals surface area contributed by atoms with Gasteiger partial charge >= 0.3 is 0 Å². The van der Waals surface area contributed by atoms with Crippen molar-refractivity contribution < 1.29 is 19.8 Å². The highest BCUT2D eigenvalue weighted by atomic mass is 16.3. The van der Waals surface area contributed by atoms with E-state index in [9.17, 15) is 19.8 Å². The molecule has 0 bridgehead atoms. The van der Waals surface area contributed by atoms with Crippen molar-refractivity contribution in [1.29, 1.82) is 0 Å². The molecule has 0 atom stereocenters. The van der Waals surface area contributed by atoms with Gasteiger partial charge in [-0.2, -0.15) is 0 Å². The van der Waals surface area contributed by atoms with Crippen LogP contribution in [0.2, 0.25) is 0 Å². The van der Waals surface area contributed by atoms with E-state index in [0.29, 0.717) is 13.1 Å². The highest BCUT2D eigenvalue weighted by Crippen LogP contribution is 2.27. The molecule has 6 heteroatoms. The van der Waals surface area contributed by atoms with Crippen LogP contribution in [0, 0.1) is 0 Å². The maximum Gasteiger partial charge on any atom is 0.261 e. The van der Waals surface area contributed by atoms with E-state index in [1.165, 1.54) is 28.0 Å². The van der Waals surface area contributed by atoms with Crippen LogP contribution in [0.1, 0.15) is 10.4 Å². The summed E-state index contributed by atoms with van der Waals surface area (Å²) in [5.74, 6) is -1.27. The van der Waals surface area contributed by atoms with Crippen molar-refractivity contribution in [3.05, 3.63) is 23.8 Å². The minimum Gasteiger partial charge on any atom is -0.507 e. The first-order valence-electron chi connectivity index (χ1n) is 5.55. The van der Waals surface area contributed by atoms with Crippen molar-refractivity contribution in [3.63, 3.8) is 0 Å². The van der Waals surface area contributed by atoms with E-state index >= 15 is 0 Å². The van der Waals surface area contributed by atoms with Crippen molar-refractivity contribution in [2.45, 2.75) is 0 Å². The molecular weight excluding hydrogens is 236 g/mol. The molecule has 1 aromatic carbocycles. The maximum absolute atomic E-state index is 12.1.